The molecule has 2 aliphatic rings. The van der Waals surface area contributed by atoms with Gasteiger partial charge < -0.3 is 14.7 Å². The summed E-state index contributed by atoms with van der Waals surface area (Å²) in [5, 5.41) is 15.2. The van der Waals surface area contributed by atoms with Gasteiger partial charge in [-0.3, -0.25) is 9.48 Å². The maximum atomic E-state index is 12.4. The van der Waals surface area contributed by atoms with Gasteiger partial charge in [0, 0.05) is 45.2 Å². The molecule has 2 atom stereocenters. The average molecular weight is 336 g/mol. The van der Waals surface area contributed by atoms with Gasteiger partial charge in [0.15, 0.2) is 0 Å². The Labute approximate surface area is 143 Å². The Bertz CT molecular complexity index is 530. The van der Waals surface area contributed by atoms with Crippen molar-refractivity contribution in [2.45, 2.75) is 51.2 Å². The molecule has 0 aliphatic carbocycles. The van der Waals surface area contributed by atoms with E-state index >= 15 is 0 Å². The number of carbonyl (C=O) groups is 1. The van der Waals surface area contributed by atoms with E-state index in [-0.39, 0.29) is 11.8 Å². The predicted molar refractivity (Wildman–Crippen MR) is 88.1 cm³/mol. The lowest BCUT2D eigenvalue weighted by molar-refractivity contribution is -0.151. The summed E-state index contributed by atoms with van der Waals surface area (Å²) < 4.78 is 7.16. The number of ether oxygens (including phenoxy) is 1. The quantitative estimate of drug-likeness (QED) is 0.870. The third-order valence-corrected chi connectivity index (χ3v) is 5.66. The van der Waals surface area contributed by atoms with Crippen LogP contribution in [0.3, 0.4) is 0 Å². The number of likely N-dealkylation sites (tertiary alicyclic amines) is 1. The summed E-state index contributed by atoms with van der Waals surface area (Å²) in [7, 11) is 0. The van der Waals surface area contributed by atoms with Crippen molar-refractivity contribution in [1.82, 2.24) is 19.7 Å². The van der Waals surface area contributed by atoms with Crippen LogP contribution in [0.2, 0.25) is 0 Å². The number of piperidine rings is 1. The fourth-order valence-corrected chi connectivity index (χ4v) is 4.07. The van der Waals surface area contributed by atoms with Gasteiger partial charge >= 0.3 is 0 Å². The Balaban J connectivity index is 1.48. The van der Waals surface area contributed by atoms with Gasteiger partial charge in [-0.25, -0.2) is 4.98 Å². The molecule has 0 saturated carbocycles. The van der Waals surface area contributed by atoms with Crippen molar-refractivity contribution in [1.29, 1.82) is 0 Å². The number of aromatic nitrogens is 3. The first-order valence-electron chi connectivity index (χ1n) is 9.00. The number of nitrogens with zero attached hydrogens (tertiary/aromatic N) is 4. The van der Waals surface area contributed by atoms with Crippen molar-refractivity contribution < 1.29 is 14.6 Å². The predicted octanol–water partition coefficient (Wildman–Crippen LogP) is 1.08. The second-order valence-corrected chi connectivity index (χ2v) is 7.13. The summed E-state index contributed by atoms with van der Waals surface area (Å²) in [5.41, 5.74) is -0.651. The van der Waals surface area contributed by atoms with E-state index in [4.69, 9.17) is 4.74 Å². The van der Waals surface area contributed by atoms with E-state index in [2.05, 4.69) is 17.0 Å². The van der Waals surface area contributed by atoms with Gasteiger partial charge in [-0.1, -0.05) is 6.92 Å². The van der Waals surface area contributed by atoms with Gasteiger partial charge in [-0.2, -0.15) is 5.10 Å². The highest BCUT2D eigenvalue weighted by atomic mass is 16.5. The molecule has 3 rings (SSSR count). The summed E-state index contributed by atoms with van der Waals surface area (Å²) in [6.45, 7) is 5.57. The molecule has 0 radical (unpaired) electrons. The van der Waals surface area contributed by atoms with Gasteiger partial charge in [-0.15, -0.1) is 0 Å². The lowest BCUT2D eigenvalue weighted by Gasteiger charge is -2.48. The first kappa shape index (κ1) is 17.4. The lowest BCUT2D eigenvalue weighted by Crippen LogP contribution is -2.56. The molecule has 2 unspecified atom stereocenters. The van der Waals surface area contributed by atoms with Gasteiger partial charge in [0.1, 0.15) is 12.7 Å². The van der Waals surface area contributed by atoms with Crippen LogP contribution in [0.15, 0.2) is 12.7 Å². The van der Waals surface area contributed by atoms with Gasteiger partial charge in [0.05, 0.1) is 5.60 Å². The van der Waals surface area contributed by atoms with Gasteiger partial charge in [0.2, 0.25) is 5.91 Å². The van der Waals surface area contributed by atoms with Crippen LogP contribution in [0.4, 0.5) is 0 Å². The second-order valence-electron chi connectivity index (χ2n) is 7.13. The minimum absolute atomic E-state index is 0.105. The molecule has 0 spiro atoms. The van der Waals surface area contributed by atoms with Gasteiger partial charge in [0.25, 0.3) is 0 Å². The van der Waals surface area contributed by atoms with E-state index in [1.165, 1.54) is 6.33 Å². The number of aryl methyl sites for hydroxylation is 1. The highest BCUT2D eigenvalue weighted by Crippen LogP contribution is 2.39. The smallest absolute Gasteiger partial charge is 0.222 e. The Morgan fingerprint density at radius 2 is 2.21 bits per heavy atom. The van der Waals surface area contributed by atoms with Crippen LogP contribution in [0.5, 0.6) is 0 Å². The Morgan fingerprint density at radius 1 is 1.42 bits per heavy atom. The third-order valence-electron chi connectivity index (χ3n) is 5.66. The maximum Gasteiger partial charge on any atom is 0.222 e. The first-order chi connectivity index (χ1) is 11.6. The minimum atomic E-state index is -0.651. The molecule has 1 N–H and O–H groups in total. The zero-order valence-electron chi connectivity index (χ0n) is 14.4. The monoisotopic (exact) mass is 336 g/mol. The lowest BCUT2D eigenvalue weighted by atomic mass is 9.70. The number of amides is 1. The largest absolute Gasteiger partial charge is 0.389 e. The van der Waals surface area contributed by atoms with E-state index in [0.29, 0.717) is 38.4 Å². The molecule has 2 fully saturated rings. The van der Waals surface area contributed by atoms with Crippen LogP contribution < -0.4 is 0 Å². The number of aliphatic hydroxyl groups is 1. The van der Waals surface area contributed by atoms with Gasteiger partial charge in [-0.05, 0) is 31.6 Å². The Kier molecular flexibility index (Phi) is 5.50. The van der Waals surface area contributed by atoms with Crippen molar-refractivity contribution in [3.8, 4) is 0 Å². The van der Waals surface area contributed by atoms with Crippen LogP contribution in [0.1, 0.15) is 39.0 Å². The van der Waals surface area contributed by atoms with Crippen LogP contribution in [-0.4, -0.2) is 62.6 Å². The minimum Gasteiger partial charge on any atom is -0.389 e. The maximum absolute atomic E-state index is 12.4. The number of hydrogen-bond acceptors (Lipinski definition) is 5. The molecule has 3 heterocycles. The Hall–Kier alpha value is -1.47. The fraction of sp³-hybridized carbons (Fsp3) is 0.824. The van der Waals surface area contributed by atoms with Crippen LogP contribution >= 0.6 is 0 Å². The fourth-order valence-electron chi connectivity index (χ4n) is 4.07. The highest BCUT2D eigenvalue weighted by Gasteiger charge is 2.45. The average Bonchev–Trinajstić information content (AvgIpc) is 3.11. The SMILES string of the molecule is CC1CN(C(=O)CCCn2cncn2)CCC1(O)C1CCOCC1. The summed E-state index contributed by atoms with van der Waals surface area (Å²) in [5.74, 6) is 0.579. The van der Waals surface area contributed by atoms with E-state index in [0.717, 1.165) is 32.5 Å². The third kappa shape index (κ3) is 3.78. The molecular formula is C17H28N4O3. The normalized spacial score (nSPS) is 28.9. The van der Waals surface area contributed by atoms with Crippen molar-refractivity contribution in [3.05, 3.63) is 12.7 Å². The molecule has 24 heavy (non-hydrogen) atoms. The summed E-state index contributed by atoms with van der Waals surface area (Å²) in [4.78, 5) is 18.3. The highest BCUT2D eigenvalue weighted by molar-refractivity contribution is 5.76. The zero-order chi connectivity index (χ0) is 17.0. The summed E-state index contributed by atoms with van der Waals surface area (Å²) in [6.07, 6.45) is 6.97. The standard InChI is InChI=1S/C17H28N4O3/c1-14-11-20(16(22)3-2-7-21-13-18-12-19-21)8-6-17(14,23)15-4-9-24-10-5-15/h12-15,23H,2-11H2,1H3. The van der Waals surface area contributed by atoms with E-state index < -0.39 is 5.60 Å². The molecule has 7 nitrogen and oxygen atoms in total. The number of carbonyl (C=O) groups excluding carboxylic acids is 1. The Morgan fingerprint density at radius 3 is 2.88 bits per heavy atom. The summed E-state index contributed by atoms with van der Waals surface area (Å²) in [6, 6.07) is 0. The molecule has 7 heteroatoms. The number of rotatable bonds is 5. The molecule has 1 amide bonds. The molecular weight excluding hydrogens is 308 g/mol. The van der Waals surface area contributed by atoms with Crippen LogP contribution in [0.25, 0.3) is 0 Å². The van der Waals surface area contributed by atoms with Crippen LogP contribution in [0, 0.1) is 11.8 Å². The topological polar surface area (TPSA) is 80.5 Å². The molecule has 2 aliphatic heterocycles. The number of hydrogen-bond donors (Lipinski definition) is 1. The summed E-state index contributed by atoms with van der Waals surface area (Å²) >= 11 is 0. The van der Waals surface area contributed by atoms with E-state index in [9.17, 15) is 9.90 Å². The van der Waals surface area contributed by atoms with E-state index in [1.807, 2.05) is 4.90 Å². The molecule has 1 aromatic rings. The van der Waals surface area contributed by atoms with E-state index in [1.54, 1.807) is 11.0 Å². The van der Waals surface area contributed by atoms with Crippen molar-refractivity contribution in [2.75, 3.05) is 26.3 Å². The van der Waals surface area contributed by atoms with Crippen molar-refractivity contribution in [2.24, 2.45) is 11.8 Å². The van der Waals surface area contributed by atoms with Crippen molar-refractivity contribution >= 4 is 5.91 Å². The first-order valence-corrected chi connectivity index (χ1v) is 9.00. The molecule has 1 aromatic heterocycles. The molecule has 0 aromatic carbocycles. The zero-order valence-corrected chi connectivity index (χ0v) is 14.4. The second kappa shape index (κ2) is 7.61. The molecule has 134 valence electrons. The van der Waals surface area contributed by atoms with Crippen LogP contribution in [-0.2, 0) is 16.1 Å². The molecule has 0 bridgehead atoms. The molecule has 2 saturated heterocycles. The van der Waals surface area contributed by atoms with Crippen molar-refractivity contribution in [3.63, 3.8) is 0 Å².